The van der Waals surface area contributed by atoms with Crippen molar-refractivity contribution >= 4 is 33.8 Å². The summed E-state index contributed by atoms with van der Waals surface area (Å²) in [5.74, 6) is 2.12. The molecule has 3 aromatic carbocycles. The van der Waals surface area contributed by atoms with Crippen LogP contribution in [0, 0.1) is 0 Å². The molecule has 0 saturated carbocycles. The number of nitrogens with one attached hydrogen (secondary N) is 1. The van der Waals surface area contributed by atoms with Gasteiger partial charge in [0.15, 0.2) is 5.16 Å². The van der Waals surface area contributed by atoms with Gasteiger partial charge in [0.25, 0.3) is 5.95 Å². The van der Waals surface area contributed by atoms with Crippen molar-refractivity contribution < 1.29 is 0 Å². The predicted molar refractivity (Wildman–Crippen MR) is 119 cm³/mol. The second-order valence-corrected chi connectivity index (χ2v) is 7.88. The van der Waals surface area contributed by atoms with Gasteiger partial charge < -0.3 is 4.98 Å². The zero-order valence-corrected chi connectivity index (χ0v) is 17.1. The Balaban J connectivity index is 1.42. The molecule has 8 nitrogen and oxygen atoms in total. The van der Waals surface area contributed by atoms with Gasteiger partial charge in [0, 0.05) is 0 Å². The van der Waals surface area contributed by atoms with Gasteiger partial charge in [-0.1, -0.05) is 59.4 Å². The predicted octanol–water partition coefficient (Wildman–Crippen LogP) is 4.17. The lowest BCUT2D eigenvalue weighted by Gasteiger charge is -2.09. The third-order valence-electron chi connectivity index (χ3n) is 4.95. The lowest BCUT2D eigenvalue weighted by molar-refractivity contribution is 0.746. The van der Waals surface area contributed by atoms with Crippen molar-refractivity contribution in [2.45, 2.75) is 10.9 Å². The van der Waals surface area contributed by atoms with Gasteiger partial charge in [0.2, 0.25) is 0 Å². The number of rotatable bonds is 5. The van der Waals surface area contributed by atoms with Gasteiger partial charge in [0.05, 0.1) is 28.0 Å². The van der Waals surface area contributed by atoms with Crippen LogP contribution in [0.5, 0.6) is 0 Å². The van der Waals surface area contributed by atoms with E-state index < -0.39 is 0 Å². The fraction of sp³-hybridized carbons (Fsp3) is 0.0455. The van der Waals surface area contributed by atoms with E-state index in [4.69, 9.17) is 0 Å². The Morgan fingerprint density at radius 3 is 2.42 bits per heavy atom. The summed E-state index contributed by atoms with van der Waals surface area (Å²) in [5.41, 5.74) is 4.62. The molecule has 0 unspecified atom stereocenters. The Morgan fingerprint density at radius 2 is 1.55 bits per heavy atom. The van der Waals surface area contributed by atoms with Crippen LogP contribution in [-0.4, -0.2) is 39.7 Å². The van der Waals surface area contributed by atoms with Crippen molar-refractivity contribution in [1.29, 1.82) is 0 Å². The molecule has 0 bridgehead atoms. The van der Waals surface area contributed by atoms with Gasteiger partial charge in [-0.3, -0.25) is 4.57 Å². The molecule has 0 saturated heterocycles. The van der Waals surface area contributed by atoms with Gasteiger partial charge in [0.1, 0.15) is 11.3 Å². The number of imidazole rings is 1. The van der Waals surface area contributed by atoms with E-state index in [-0.39, 0.29) is 0 Å². The number of aromatic amines is 1. The first-order valence-electron chi connectivity index (χ1n) is 9.75. The summed E-state index contributed by atoms with van der Waals surface area (Å²) in [5, 5.41) is 18.3. The average molecular weight is 424 g/mol. The minimum atomic E-state index is 0.590. The lowest BCUT2D eigenvalue weighted by atomic mass is 10.3. The highest BCUT2D eigenvalue weighted by atomic mass is 32.2. The average Bonchev–Trinajstić information content (AvgIpc) is 3.53. The fourth-order valence-corrected chi connectivity index (χ4v) is 4.34. The monoisotopic (exact) mass is 424 g/mol. The molecule has 0 aliphatic carbocycles. The summed E-state index contributed by atoms with van der Waals surface area (Å²) in [6.07, 6.45) is 0. The van der Waals surface area contributed by atoms with E-state index in [2.05, 4.69) is 30.5 Å². The topological polar surface area (TPSA) is 90.1 Å². The molecule has 3 aromatic heterocycles. The van der Waals surface area contributed by atoms with E-state index in [1.165, 1.54) is 0 Å². The SMILES string of the molecule is c1ccc(-n2c(SCc3nc4ccccc4[nH]3)nnc2-n2nnc3ccccc32)cc1. The summed E-state index contributed by atoms with van der Waals surface area (Å²) in [6, 6.07) is 25.8. The number of benzene rings is 3. The molecule has 1 N–H and O–H groups in total. The number of nitrogens with zero attached hydrogens (tertiary/aromatic N) is 7. The highest BCUT2D eigenvalue weighted by molar-refractivity contribution is 7.98. The Morgan fingerprint density at radius 1 is 0.774 bits per heavy atom. The van der Waals surface area contributed by atoms with Crippen LogP contribution in [0.2, 0.25) is 0 Å². The molecule has 3 heterocycles. The van der Waals surface area contributed by atoms with Crippen LogP contribution in [0.25, 0.3) is 33.7 Å². The Bertz CT molecular complexity index is 1470. The lowest BCUT2D eigenvalue weighted by Crippen LogP contribution is -2.07. The first-order chi connectivity index (χ1) is 15.4. The zero-order chi connectivity index (χ0) is 20.6. The molecule has 150 valence electrons. The summed E-state index contributed by atoms with van der Waals surface area (Å²) in [4.78, 5) is 8.03. The van der Waals surface area contributed by atoms with Crippen molar-refractivity contribution in [3.05, 3.63) is 84.7 Å². The molecule has 0 spiro atoms. The standard InChI is InChI=1S/C22H16N8S/c1-2-8-15(9-3-1)29-21(30-19-13-7-6-12-18(19)25-28-30)26-27-22(29)31-14-20-23-16-10-4-5-11-17(16)24-20/h1-13H,14H2,(H,23,24). The molecular formula is C22H16N8S. The Hall–Kier alpha value is -3.98. The number of hydrogen-bond acceptors (Lipinski definition) is 6. The van der Waals surface area contributed by atoms with Crippen LogP contribution in [0.4, 0.5) is 0 Å². The molecule has 0 fully saturated rings. The second-order valence-electron chi connectivity index (χ2n) is 6.93. The normalized spacial score (nSPS) is 11.5. The molecule has 0 amide bonds. The van der Waals surface area contributed by atoms with Crippen LogP contribution in [0.3, 0.4) is 0 Å². The molecule has 9 heteroatoms. The highest BCUT2D eigenvalue weighted by Gasteiger charge is 2.19. The summed E-state index contributed by atoms with van der Waals surface area (Å²) < 4.78 is 3.72. The van der Waals surface area contributed by atoms with E-state index in [1.54, 1.807) is 16.4 Å². The van der Waals surface area contributed by atoms with Gasteiger partial charge >= 0.3 is 0 Å². The quantitative estimate of drug-likeness (QED) is 0.418. The van der Waals surface area contributed by atoms with Crippen molar-refractivity contribution in [1.82, 2.24) is 39.7 Å². The second kappa shape index (κ2) is 7.37. The molecule has 6 rings (SSSR count). The van der Waals surface area contributed by atoms with E-state index in [0.29, 0.717) is 11.7 Å². The van der Waals surface area contributed by atoms with Gasteiger partial charge in [-0.15, -0.1) is 15.3 Å². The highest BCUT2D eigenvalue weighted by Crippen LogP contribution is 2.27. The maximum Gasteiger partial charge on any atom is 0.259 e. The molecule has 6 aromatic rings. The Labute approximate surface area is 181 Å². The van der Waals surface area contributed by atoms with Crippen molar-refractivity contribution in [2.24, 2.45) is 0 Å². The third kappa shape index (κ3) is 3.15. The van der Waals surface area contributed by atoms with Gasteiger partial charge in [-0.2, -0.15) is 4.68 Å². The molecule has 0 aliphatic rings. The van der Waals surface area contributed by atoms with Crippen LogP contribution in [-0.2, 0) is 5.75 Å². The summed E-state index contributed by atoms with van der Waals surface area (Å²) >= 11 is 1.57. The number of H-pyrrole nitrogens is 1. The van der Waals surface area contributed by atoms with Crippen molar-refractivity contribution in [2.75, 3.05) is 0 Å². The minimum absolute atomic E-state index is 0.590. The van der Waals surface area contributed by atoms with E-state index >= 15 is 0 Å². The summed E-state index contributed by atoms with van der Waals surface area (Å²) in [6.45, 7) is 0. The van der Waals surface area contributed by atoms with Gasteiger partial charge in [-0.05, 0) is 36.4 Å². The molecular weight excluding hydrogens is 408 g/mol. The van der Waals surface area contributed by atoms with Crippen molar-refractivity contribution in [3.63, 3.8) is 0 Å². The number of para-hydroxylation sites is 4. The van der Waals surface area contributed by atoms with Crippen LogP contribution >= 0.6 is 11.8 Å². The van der Waals surface area contributed by atoms with E-state index in [0.717, 1.165) is 38.7 Å². The number of hydrogen-bond donors (Lipinski definition) is 1. The van der Waals surface area contributed by atoms with Gasteiger partial charge in [-0.25, -0.2) is 4.98 Å². The fourth-order valence-electron chi connectivity index (χ4n) is 3.52. The third-order valence-corrected chi connectivity index (χ3v) is 5.89. The molecule has 31 heavy (non-hydrogen) atoms. The van der Waals surface area contributed by atoms with Crippen LogP contribution in [0.1, 0.15) is 5.82 Å². The molecule has 0 atom stereocenters. The number of fused-ring (bicyclic) bond motifs is 2. The molecule has 0 radical (unpaired) electrons. The van der Waals surface area contributed by atoms with Crippen LogP contribution < -0.4 is 0 Å². The van der Waals surface area contributed by atoms with E-state index in [9.17, 15) is 0 Å². The maximum atomic E-state index is 4.67. The summed E-state index contributed by atoms with van der Waals surface area (Å²) in [7, 11) is 0. The number of thioether (sulfide) groups is 1. The Kier molecular flexibility index (Phi) is 4.24. The molecule has 0 aliphatic heterocycles. The maximum absolute atomic E-state index is 4.67. The first-order valence-corrected chi connectivity index (χ1v) is 10.7. The smallest absolute Gasteiger partial charge is 0.259 e. The number of aromatic nitrogens is 8. The first kappa shape index (κ1) is 17.8. The van der Waals surface area contributed by atoms with Crippen molar-refractivity contribution in [3.8, 4) is 11.6 Å². The largest absolute Gasteiger partial charge is 0.341 e. The van der Waals surface area contributed by atoms with E-state index in [1.807, 2.05) is 83.4 Å². The zero-order valence-electron chi connectivity index (χ0n) is 16.3. The minimum Gasteiger partial charge on any atom is -0.341 e. The van der Waals surface area contributed by atoms with Crippen LogP contribution in [0.15, 0.2) is 84.0 Å².